The van der Waals surface area contributed by atoms with Crippen LogP contribution in [0.3, 0.4) is 0 Å². The molecule has 1 aromatic rings. The fourth-order valence-corrected chi connectivity index (χ4v) is 1.68. The van der Waals surface area contributed by atoms with E-state index in [9.17, 15) is 19.2 Å². The van der Waals surface area contributed by atoms with Crippen molar-refractivity contribution in [3.8, 4) is 0 Å². The van der Waals surface area contributed by atoms with Crippen LogP contribution in [0.25, 0.3) is 0 Å². The molecule has 2 rings (SSSR count). The van der Waals surface area contributed by atoms with Crippen LogP contribution in [0.1, 0.15) is 6.42 Å². The van der Waals surface area contributed by atoms with E-state index in [1.54, 1.807) is 0 Å². The summed E-state index contributed by atoms with van der Waals surface area (Å²) in [5.74, 6) is -1.63. The number of imide groups is 1. The number of aliphatic carboxylic acids is 1. The van der Waals surface area contributed by atoms with Crippen LogP contribution in [0.4, 0.5) is 10.5 Å². The lowest BCUT2D eigenvalue weighted by Crippen LogP contribution is -2.51. The number of aromatic nitrogens is 2. The molecule has 0 bridgehead atoms. The van der Waals surface area contributed by atoms with Gasteiger partial charge >= 0.3 is 12.0 Å². The van der Waals surface area contributed by atoms with Crippen LogP contribution >= 0.6 is 0 Å². The Hall–Kier alpha value is -2.71. The molecule has 1 fully saturated rings. The number of hydrogen-bond donors (Lipinski definition) is 2. The van der Waals surface area contributed by atoms with E-state index in [0.29, 0.717) is 0 Å². The Kier molecular flexibility index (Phi) is 3.27. The smallest absolute Gasteiger partial charge is 0.328 e. The highest BCUT2D eigenvalue weighted by Gasteiger charge is 2.26. The molecule has 1 aliphatic rings. The molecule has 0 unspecified atom stereocenters. The number of nitrogens with one attached hydrogen (secondary N) is 1. The third kappa shape index (κ3) is 2.59. The molecule has 9 nitrogen and oxygen atoms in total. The minimum atomic E-state index is -1.22. The maximum absolute atomic E-state index is 12.0. The highest BCUT2D eigenvalue weighted by Crippen LogP contribution is 2.10. The predicted molar refractivity (Wildman–Crippen MR) is 61.6 cm³/mol. The van der Waals surface area contributed by atoms with Gasteiger partial charge in [-0.1, -0.05) is 0 Å². The summed E-state index contributed by atoms with van der Waals surface area (Å²) < 4.78 is 0.737. The monoisotopic (exact) mass is 266 g/mol. The standard InChI is InChI=1S/C10H10N4O5/c15-7-2-4-13(10(19)12-7)6-1-3-11-14(9(6)18)5-8(16)17/h1,3H,2,4-5H2,(H,16,17)(H,12,15,19). The second kappa shape index (κ2) is 4.88. The van der Waals surface area contributed by atoms with Crippen LogP contribution in [0.5, 0.6) is 0 Å². The summed E-state index contributed by atoms with van der Waals surface area (Å²) in [6, 6.07) is 0.595. The van der Waals surface area contributed by atoms with Crippen molar-refractivity contribution >= 4 is 23.6 Å². The van der Waals surface area contributed by atoms with Crippen molar-refractivity contribution in [3.05, 3.63) is 22.6 Å². The quantitative estimate of drug-likeness (QED) is 0.706. The van der Waals surface area contributed by atoms with Crippen LogP contribution in [0.15, 0.2) is 17.1 Å². The fourth-order valence-electron chi connectivity index (χ4n) is 1.68. The van der Waals surface area contributed by atoms with Gasteiger partial charge in [-0.25, -0.2) is 9.48 Å². The van der Waals surface area contributed by atoms with Crippen LogP contribution in [-0.2, 0) is 16.1 Å². The second-order valence-corrected chi connectivity index (χ2v) is 3.83. The third-order valence-electron chi connectivity index (χ3n) is 2.52. The maximum Gasteiger partial charge on any atom is 0.328 e. The molecule has 9 heteroatoms. The largest absolute Gasteiger partial charge is 0.480 e. The average Bonchev–Trinajstić information content (AvgIpc) is 2.32. The molecule has 0 spiro atoms. The fraction of sp³-hybridized carbons (Fsp3) is 0.300. The molecular weight excluding hydrogens is 256 g/mol. The number of nitrogens with zero attached hydrogens (tertiary/aromatic N) is 3. The summed E-state index contributed by atoms with van der Waals surface area (Å²) in [5, 5.41) is 14.3. The number of anilines is 1. The average molecular weight is 266 g/mol. The molecule has 1 saturated heterocycles. The first-order chi connectivity index (χ1) is 8.99. The zero-order valence-corrected chi connectivity index (χ0v) is 9.70. The Labute approximate surface area is 106 Å². The molecule has 0 aromatic carbocycles. The first-order valence-corrected chi connectivity index (χ1v) is 5.38. The Bertz CT molecular complexity index is 608. The summed E-state index contributed by atoms with van der Waals surface area (Å²) in [7, 11) is 0. The van der Waals surface area contributed by atoms with Crippen LogP contribution < -0.4 is 15.8 Å². The Morgan fingerprint density at radius 3 is 2.79 bits per heavy atom. The molecule has 100 valence electrons. The summed E-state index contributed by atoms with van der Waals surface area (Å²) in [4.78, 5) is 46.2. The zero-order valence-electron chi connectivity index (χ0n) is 9.70. The molecular formula is C10H10N4O5. The number of hydrogen-bond acceptors (Lipinski definition) is 5. The van der Waals surface area contributed by atoms with Gasteiger partial charge in [0.25, 0.3) is 5.56 Å². The number of carbonyl (C=O) groups is 3. The molecule has 0 atom stereocenters. The van der Waals surface area contributed by atoms with Crippen molar-refractivity contribution in [2.24, 2.45) is 0 Å². The van der Waals surface area contributed by atoms with Gasteiger partial charge in [0.2, 0.25) is 5.91 Å². The predicted octanol–water partition coefficient (Wildman–Crippen LogP) is -1.23. The van der Waals surface area contributed by atoms with E-state index in [4.69, 9.17) is 5.11 Å². The number of amides is 3. The maximum atomic E-state index is 12.0. The van der Waals surface area contributed by atoms with Gasteiger partial charge in [-0.2, -0.15) is 5.10 Å². The summed E-state index contributed by atoms with van der Waals surface area (Å²) in [6.07, 6.45) is 1.30. The molecule has 1 aliphatic heterocycles. The van der Waals surface area contributed by atoms with Crippen molar-refractivity contribution in [2.75, 3.05) is 11.4 Å². The number of carboxylic acids is 1. The van der Waals surface area contributed by atoms with E-state index in [-0.39, 0.29) is 18.7 Å². The minimum absolute atomic E-state index is 0.0127. The van der Waals surface area contributed by atoms with Crippen molar-refractivity contribution in [2.45, 2.75) is 13.0 Å². The molecule has 0 radical (unpaired) electrons. The third-order valence-corrected chi connectivity index (χ3v) is 2.52. The van der Waals surface area contributed by atoms with E-state index in [1.807, 2.05) is 0 Å². The lowest BCUT2D eigenvalue weighted by Gasteiger charge is -2.25. The number of urea groups is 1. The van der Waals surface area contributed by atoms with Crippen LogP contribution in [0.2, 0.25) is 0 Å². The van der Waals surface area contributed by atoms with Crippen LogP contribution in [0, 0.1) is 0 Å². The van der Waals surface area contributed by atoms with Gasteiger partial charge in [-0.05, 0) is 6.07 Å². The molecule has 1 aromatic heterocycles. The number of rotatable bonds is 3. The van der Waals surface area contributed by atoms with Gasteiger partial charge in [0.05, 0.1) is 0 Å². The first-order valence-electron chi connectivity index (χ1n) is 5.38. The van der Waals surface area contributed by atoms with E-state index < -0.39 is 30.0 Å². The van der Waals surface area contributed by atoms with E-state index in [2.05, 4.69) is 10.4 Å². The molecule has 2 N–H and O–H groups in total. The molecule has 0 saturated carbocycles. The highest BCUT2D eigenvalue weighted by atomic mass is 16.4. The normalized spacial score (nSPS) is 15.3. The molecule has 2 heterocycles. The Balaban J connectivity index is 2.35. The van der Waals surface area contributed by atoms with Crippen molar-refractivity contribution in [3.63, 3.8) is 0 Å². The van der Waals surface area contributed by atoms with Crippen molar-refractivity contribution in [1.29, 1.82) is 0 Å². The van der Waals surface area contributed by atoms with E-state index in [1.165, 1.54) is 12.3 Å². The molecule has 0 aliphatic carbocycles. The lowest BCUT2D eigenvalue weighted by atomic mass is 10.3. The topological polar surface area (TPSA) is 122 Å². The SMILES string of the molecule is O=C(O)Cn1nccc(N2CCC(=O)NC2=O)c1=O. The van der Waals surface area contributed by atoms with Crippen molar-refractivity contribution in [1.82, 2.24) is 15.1 Å². The number of carboxylic acid groups (broad SMARTS) is 1. The highest BCUT2D eigenvalue weighted by molar-refractivity contribution is 6.05. The summed E-state index contributed by atoms with van der Waals surface area (Å²) in [6.45, 7) is -0.530. The van der Waals surface area contributed by atoms with Crippen molar-refractivity contribution < 1.29 is 19.5 Å². The van der Waals surface area contributed by atoms with Gasteiger partial charge in [-0.15, -0.1) is 0 Å². The summed E-state index contributed by atoms with van der Waals surface area (Å²) in [5.41, 5.74) is -0.712. The summed E-state index contributed by atoms with van der Waals surface area (Å²) >= 11 is 0. The Morgan fingerprint density at radius 1 is 1.42 bits per heavy atom. The lowest BCUT2D eigenvalue weighted by molar-refractivity contribution is -0.138. The minimum Gasteiger partial charge on any atom is -0.480 e. The molecule has 3 amide bonds. The number of carbonyl (C=O) groups excluding carboxylic acids is 2. The van der Waals surface area contributed by atoms with Gasteiger partial charge in [-0.3, -0.25) is 24.6 Å². The molecule has 19 heavy (non-hydrogen) atoms. The second-order valence-electron chi connectivity index (χ2n) is 3.83. The zero-order chi connectivity index (χ0) is 14.0. The van der Waals surface area contributed by atoms with Gasteiger partial charge < -0.3 is 5.11 Å². The van der Waals surface area contributed by atoms with Gasteiger partial charge in [0.1, 0.15) is 12.2 Å². The first kappa shape index (κ1) is 12.7. The van der Waals surface area contributed by atoms with Gasteiger partial charge in [0.15, 0.2) is 0 Å². The Morgan fingerprint density at radius 2 is 2.16 bits per heavy atom. The van der Waals surface area contributed by atoms with E-state index >= 15 is 0 Å². The van der Waals surface area contributed by atoms with E-state index in [0.717, 1.165) is 9.58 Å². The van der Waals surface area contributed by atoms with Crippen LogP contribution in [-0.4, -0.2) is 39.3 Å². The van der Waals surface area contributed by atoms with Gasteiger partial charge in [0, 0.05) is 19.2 Å².